The predicted molar refractivity (Wildman–Crippen MR) is 81.3 cm³/mol. The maximum atomic E-state index is 12.6. The minimum atomic E-state index is 0.220. The van der Waals surface area contributed by atoms with Gasteiger partial charge in [-0.2, -0.15) is 0 Å². The zero-order valence-corrected chi connectivity index (χ0v) is 13.5. The highest BCUT2D eigenvalue weighted by molar-refractivity contribution is 5.79. The largest absolute Gasteiger partial charge is 0.353 e. The van der Waals surface area contributed by atoms with Crippen molar-refractivity contribution in [2.24, 2.45) is 22.7 Å². The maximum absolute atomic E-state index is 12.6. The molecule has 1 heterocycles. The van der Waals surface area contributed by atoms with Crippen LogP contribution in [0.15, 0.2) is 0 Å². The fourth-order valence-electron chi connectivity index (χ4n) is 5.08. The number of piperidine rings is 1. The Morgan fingerprint density at radius 1 is 1.20 bits per heavy atom. The molecular formula is C17H30N2O. The smallest absolute Gasteiger partial charge is 0.223 e. The number of hydrogen-bond acceptors (Lipinski definition) is 2. The molecule has 0 spiro atoms. The van der Waals surface area contributed by atoms with Gasteiger partial charge in [-0.05, 0) is 62.3 Å². The van der Waals surface area contributed by atoms with Crippen LogP contribution in [0.2, 0.25) is 0 Å². The first-order valence-corrected chi connectivity index (χ1v) is 8.38. The quantitative estimate of drug-likeness (QED) is 0.815. The van der Waals surface area contributed by atoms with E-state index in [1.807, 2.05) is 0 Å². The number of nitrogens with one attached hydrogen (secondary N) is 2. The van der Waals surface area contributed by atoms with Gasteiger partial charge in [0.05, 0.1) is 0 Å². The normalized spacial score (nSPS) is 46.4. The third kappa shape index (κ3) is 2.01. The fraction of sp³-hybridized carbons (Fsp3) is 0.941. The summed E-state index contributed by atoms with van der Waals surface area (Å²) in [6.45, 7) is 10.4. The second-order valence-corrected chi connectivity index (χ2v) is 8.25. The van der Waals surface area contributed by atoms with Gasteiger partial charge in [-0.3, -0.25) is 4.79 Å². The molecule has 1 amide bonds. The Bertz CT molecular complexity index is 406. The van der Waals surface area contributed by atoms with Gasteiger partial charge in [0.1, 0.15) is 0 Å². The van der Waals surface area contributed by atoms with Crippen molar-refractivity contribution in [3.63, 3.8) is 0 Å². The third-order valence-corrected chi connectivity index (χ3v) is 7.10. The first-order valence-electron chi connectivity index (χ1n) is 8.38. The van der Waals surface area contributed by atoms with Crippen molar-refractivity contribution in [3.8, 4) is 0 Å². The SMILES string of the molecule is C[C@H]1C[C@@H](C(=O)NC2CC3CCC2(C)C3(C)C)CCN1. The molecule has 3 unspecified atom stereocenters. The second-order valence-electron chi connectivity index (χ2n) is 8.25. The molecule has 3 fully saturated rings. The molecule has 3 nitrogen and oxygen atoms in total. The van der Waals surface area contributed by atoms with Crippen LogP contribution in [0.5, 0.6) is 0 Å². The van der Waals surface area contributed by atoms with Crippen LogP contribution in [0.25, 0.3) is 0 Å². The Kier molecular flexibility index (Phi) is 3.39. The number of carbonyl (C=O) groups is 1. The van der Waals surface area contributed by atoms with Crippen LogP contribution in [-0.4, -0.2) is 24.5 Å². The molecule has 2 bridgehead atoms. The Balaban J connectivity index is 1.66. The highest BCUT2D eigenvalue weighted by Gasteiger charge is 2.61. The van der Waals surface area contributed by atoms with E-state index in [1.54, 1.807) is 0 Å². The average Bonchev–Trinajstić information content (AvgIpc) is 2.72. The molecule has 1 saturated heterocycles. The van der Waals surface area contributed by atoms with Crippen LogP contribution in [0.3, 0.4) is 0 Å². The number of rotatable bonds is 2. The summed E-state index contributed by atoms with van der Waals surface area (Å²) in [7, 11) is 0. The summed E-state index contributed by atoms with van der Waals surface area (Å²) in [5.74, 6) is 1.33. The number of amides is 1. The molecule has 20 heavy (non-hydrogen) atoms. The highest BCUT2D eigenvalue weighted by Crippen LogP contribution is 2.65. The topological polar surface area (TPSA) is 41.1 Å². The maximum Gasteiger partial charge on any atom is 0.223 e. The lowest BCUT2D eigenvalue weighted by molar-refractivity contribution is -0.127. The lowest BCUT2D eigenvalue weighted by atomic mass is 9.69. The molecule has 2 saturated carbocycles. The van der Waals surface area contributed by atoms with Crippen molar-refractivity contribution in [3.05, 3.63) is 0 Å². The third-order valence-electron chi connectivity index (χ3n) is 7.10. The van der Waals surface area contributed by atoms with Crippen LogP contribution in [0.4, 0.5) is 0 Å². The molecule has 2 aliphatic carbocycles. The van der Waals surface area contributed by atoms with Crippen molar-refractivity contribution in [2.75, 3.05) is 6.54 Å². The molecule has 3 heteroatoms. The standard InChI is InChI=1S/C17H30N2O/c1-11-9-12(6-8-18-11)15(20)19-14-10-13-5-7-17(14,4)16(13,2)3/h11-14,18H,5-10H2,1-4H3,(H,19,20)/t11-,12-,13?,14?,17?/m0/s1. The van der Waals surface area contributed by atoms with Crippen molar-refractivity contribution in [2.45, 2.75) is 71.9 Å². The number of hydrogen-bond donors (Lipinski definition) is 2. The van der Waals surface area contributed by atoms with Crippen molar-refractivity contribution < 1.29 is 4.79 Å². The molecule has 0 aromatic heterocycles. The van der Waals surface area contributed by atoms with Crippen molar-refractivity contribution in [1.29, 1.82) is 0 Å². The lowest BCUT2D eigenvalue weighted by Crippen LogP contribution is -2.50. The Hall–Kier alpha value is -0.570. The molecule has 5 atom stereocenters. The van der Waals surface area contributed by atoms with Crippen LogP contribution >= 0.6 is 0 Å². The minimum absolute atomic E-state index is 0.220. The van der Waals surface area contributed by atoms with E-state index in [4.69, 9.17) is 0 Å². The predicted octanol–water partition coefficient (Wildman–Crippen LogP) is 2.71. The molecule has 1 aliphatic heterocycles. The van der Waals surface area contributed by atoms with Crippen molar-refractivity contribution in [1.82, 2.24) is 10.6 Å². The molecule has 0 aromatic rings. The first kappa shape index (κ1) is 14.4. The van der Waals surface area contributed by atoms with Gasteiger partial charge in [0.2, 0.25) is 5.91 Å². The summed E-state index contributed by atoms with van der Waals surface area (Å²) in [6.07, 6.45) is 5.79. The van der Waals surface area contributed by atoms with Gasteiger partial charge in [-0.1, -0.05) is 20.8 Å². The number of carbonyl (C=O) groups excluding carboxylic acids is 1. The summed E-state index contributed by atoms with van der Waals surface area (Å²) in [4.78, 5) is 12.6. The van der Waals surface area contributed by atoms with Crippen LogP contribution in [0.1, 0.15) is 59.8 Å². The van der Waals surface area contributed by atoms with Crippen LogP contribution in [-0.2, 0) is 4.79 Å². The minimum Gasteiger partial charge on any atom is -0.353 e. The summed E-state index contributed by atoms with van der Waals surface area (Å²) in [5.41, 5.74) is 0.679. The monoisotopic (exact) mass is 278 g/mol. The highest BCUT2D eigenvalue weighted by atomic mass is 16.2. The van der Waals surface area contributed by atoms with Crippen molar-refractivity contribution >= 4 is 5.91 Å². The zero-order chi connectivity index (χ0) is 14.5. The van der Waals surface area contributed by atoms with E-state index >= 15 is 0 Å². The number of fused-ring (bicyclic) bond motifs is 2. The van der Waals surface area contributed by atoms with E-state index in [0.29, 0.717) is 28.8 Å². The summed E-state index contributed by atoms with van der Waals surface area (Å²) in [5, 5.41) is 6.86. The zero-order valence-electron chi connectivity index (χ0n) is 13.5. The molecule has 2 N–H and O–H groups in total. The Labute approximate surface area is 123 Å². The molecule has 3 rings (SSSR count). The summed E-state index contributed by atoms with van der Waals surface area (Å²) < 4.78 is 0. The van der Waals surface area contributed by atoms with E-state index in [0.717, 1.165) is 25.3 Å². The van der Waals surface area contributed by atoms with Gasteiger partial charge < -0.3 is 10.6 Å². The van der Waals surface area contributed by atoms with Gasteiger partial charge in [0.25, 0.3) is 0 Å². The van der Waals surface area contributed by atoms with E-state index < -0.39 is 0 Å². The molecule has 3 aliphatic rings. The van der Waals surface area contributed by atoms with E-state index in [-0.39, 0.29) is 5.92 Å². The molecular weight excluding hydrogens is 248 g/mol. The molecule has 0 radical (unpaired) electrons. The summed E-state index contributed by atoms with van der Waals surface area (Å²) in [6, 6.07) is 0.875. The average molecular weight is 278 g/mol. The fourth-order valence-corrected chi connectivity index (χ4v) is 5.08. The van der Waals surface area contributed by atoms with E-state index in [9.17, 15) is 4.79 Å². The van der Waals surface area contributed by atoms with Crippen LogP contribution < -0.4 is 10.6 Å². The molecule has 114 valence electrons. The molecule has 0 aromatic carbocycles. The van der Waals surface area contributed by atoms with Gasteiger partial charge >= 0.3 is 0 Å². The summed E-state index contributed by atoms with van der Waals surface area (Å²) >= 11 is 0. The van der Waals surface area contributed by atoms with Crippen LogP contribution in [0, 0.1) is 22.7 Å². The Morgan fingerprint density at radius 2 is 1.95 bits per heavy atom. The van der Waals surface area contributed by atoms with Gasteiger partial charge in [0.15, 0.2) is 0 Å². The second kappa shape index (κ2) is 4.72. The van der Waals surface area contributed by atoms with Gasteiger partial charge in [-0.25, -0.2) is 0 Å². The van der Waals surface area contributed by atoms with Gasteiger partial charge in [0, 0.05) is 18.0 Å². The first-order chi connectivity index (χ1) is 9.34. The van der Waals surface area contributed by atoms with Gasteiger partial charge in [-0.15, -0.1) is 0 Å². The lowest BCUT2D eigenvalue weighted by Gasteiger charge is -2.40. The van der Waals surface area contributed by atoms with E-state index in [1.165, 1.54) is 19.3 Å². The van der Waals surface area contributed by atoms with E-state index in [2.05, 4.69) is 38.3 Å². The Morgan fingerprint density at radius 3 is 2.50 bits per heavy atom.